The summed E-state index contributed by atoms with van der Waals surface area (Å²) in [4.78, 5) is 31.6. The van der Waals surface area contributed by atoms with Gasteiger partial charge in [0.05, 0.1) is 23.1 Å². The van der Waals surface area contributed by atoms with Crippen molar-refractivity contribution in [3.05, 3.63) is 48.0 Å². The molecule has 0 bridgehead atoms. The van der Waals surface area contributed by atoms with Gasteiger partial charge in [-0.3, -0.25) is 4.79 Å². The van der Waals surface area contributed by atoms with E-state index in [2.05, 4.69) is 15.3 Å². The van der Waals surface area contributed by atoms with E-state index in [1.807, 2.05) is 24.3 Å². The van der Waals surface area contributed by atoms with E-state index < -0.39 is 17.9 Å². The molecule has 2 heterocycles. The Labute approximate surface area is 129 Å². The first-order valence-corrected chi connectivity index (χ1v) is 7.30. The topological polar surface area (TPSA) is 97.1 Å². The van der Waals surface area contributed by atoms with Gasteiger partial charge in [-0.15, -0.1) is 11.3 Å². The molecule has 2 N–H and O–H groups in total. The van der Waals surface area contributed by atoms with E-state index in [1.54, 1.807) is 17.0 Å². The van der Waals surface area contributed by atoms with E-state index in [0.29, 0.717) is 0 Å². The number of hydrogen-bond acceptors (Lipinski definition) is 5. The molecule has 1 atom stereocenters. The van der Waals surface area contributed by atoms with Gasteiger partial charge in [-0.1, -0.05) is 12.1 Å². The summed E-state index contributed by atoms with van der Waals surface area (Å²) < 4.78 is 2.48. The minimum atomic E-state index is -1.11. The second kappa shape index (κ2) is 5.94. The molecule has 8 heteroatoms. The van der Waals surface area contributed by atoms with Crippen LogP contribution >= 0.6 is 11.3 Å². The van der Waals surface area contributed by atoms with Crippen LogP contribution in [0.5, 0.6) is 0 Å². The van der Waals surface area contributed by atoms with Crippen LogP contribution in [0, 0.1) is 0 Å². The van der Waals surface area contributed by atoms with Gasteiger partial charge in [-0.05, 0) is 12.1 Å². The van der Waals surface area contributed by atoms with E-state index in [4.69, 9.17) is 0 Å². The average molecular weight is 316 g/mol. The average Bonchev–Trinajstić information content (AvgIpc) is 3.15. The molecule has 3 rings (SSSR count). The Morgan fingerprint density at radius 1 is 1.36 bits per heavy atom. The minimum absolute atomic E-state index is 0.103. The number of para-hydroxylation sites is 1. The Morgan fingerprint density at radius 3 is 2.86 bits per heavy atom. The molecule has 0 aliphatic heterocycles. The predicted molar refractivity (Wildman–Crippen MR) is 80.7 cm³/mol. The van der Waals surface area contributed by atoms with Crippen molar-refractivity contribution >= 4 is 33.4 Å². The van der Waals surface area contributed by atoms with Crippen LogP contribution in [-0.2, 0) is 11.3 Å². The molecule has 1 aromatic carbocycles. The van der Waals surface area contributed by atoms with Crippen molar-refractivity contribution in [1.82, 2.24) is 19.9 Å². The zero-order valence-corrected chi connectivity index (χ0v) is 12.2. The molecular weight excluding hydrogens is 304 g/mol. The number of amides is 1. The Bertz CT molecular complexity index is 779. The Balaban J connectivity index is 1.77. The number of thiazole rings is 1. The fourth-order valence-electron chi connectivity index (χ4n) is 1.98. The Kier molecular flexibility index (Phi) is 3.84. The van der Waals surface area contributed by atoms with Crippen LogP contribution in [0.25, 0.3) is 10.2 Å². The van der Waals surface area contributed by atoms with Crippen molar-refractivity contribution in [2.75, 3.05) is 0 Å². The third-order valence-electron chi connectivity index (χ3n) is 3.04. The highest BCUT2D eigenvalue weighted by molar-refractivity contribution is 7.20. The van der Waals surface area contributed by atoms with Crippen molar-refractivity contribution in [3.63, 3.8) is 0 Å². The molecule has 2 aromatic heterocycles. The Hall–Kier alpha value is -2.74. The fraction of sp³-hybridized carbons (Fsp3) is 0.143. The third kappa shape index (κ3) is 2.96. The van der Waals surface area contributed by atoms with Crippen molar-refractivity contribution in [3.8, 4) is 0 Å². The molecule has 0 spiro atoms. The minimum Gasteiger partial charge on any atom is -0.480 e. The molecule has 3 aromatic rings. The number of nitrogens with one attached hydrogen (secondary N) is 1. The number of carboxylic acid groups (broad SMARTS) is 1. The van der Waals surface area contributed by atoms with Gasteiger partial charge in [0.2, 0.25) is 0 Å². The molecule has 112 valence electrons. The van der Waals surface area contributed by atoms with E-state index in [1.165, 1.54) is 17.7 Å². The lowest BCUT2D eigenvalue weighted by Gasteiger charge is -2.13. The van der Waals surface area contributed by atoms with Gasteiger partial charge >= 0.3 is 5.97 Å². The smallest absolute Gasteiger partial charge is 0.328 e. The molecule has 0 saturated heterocycles. The summed E-state index contributed by atoms with van der Waals surface area (Å²) in [5.74, 6) is -1.60. The van der Waals surface area contributed by atoms with Crippen LogP contribution in [0.3, 0.4) is 0 Å². The van der Waals surface area contributed by atoms with E-state index >= 15 is 0 Å². The highest BCUT2D eigenvalue weighted by Crippen LogP contribution is 2.21. The van der Waals surface area contributed by atoms with Gasteiger partial charge in [0.25, 0.3) is 5.91 Å². The summed E-state index contributed by atoms with van der Waals surface area (Å²) in [5, 5.41) is 12.0. The molecular formula is C14H12N4O3S. The van der Waals surface area contributed by atoms with Crippen molar-refractivity contribution in [2.24, 2.45) is 0 Å². The zero-order chi connectivity index (χ0) is 15.5. The summed E-state index contributed by atoms with van der Waals surface area (Å²) in [7, 11) is 0. The number of rotatable bonds is 5. The highest BCUT2D eigenvalue weighted by Gasteiger charge is 2.22. The van der Waals surface area contributed by atoms with Crippen LogP contribution in [0.15, 0.2) is 43.0 Å². The normalized spacial score (nSPS) is 12.2. The SMILES string of the molecule is O=C(NC(Cn1ccnc1)C(=O)O)c1nc2ccccc2s1. The van der Waals surface area contributed by atoms with E-state index in [9.17, 15) is 14.7 Å². The molecule has 7 nitrogen and oxygen atoms in total. The lowest BCUT2D eigenvalue weighted by molar-refractivity contribution is -0.139. The van der Waals surface area contributed by atoms with Gasteiger partial charge < -0.3 is 15.0 Å². The maximum Gasteiger partial charge on any atom is 0.328 e. The van der Waals surface area contributed by atoms with E-state index in [-0.39, 0.29) is 11.6 Å². The third-order valence-corrected chi connectivity index (χ3v) is 4.08. The number of benzene rings is 1. The zero-order valence-electron chi connectivity index (χ0n) is 11.3. The van der Waals surface area contributed by atoms with Gasteiger partial charge in [0.15, 0.2) is 5.01 Å². The first-order valence-electron chi connectivity index (χ1n) is 6.48. The summed E-state index contributed by atoms with van der Waals surface area (Å²) in [6.45, 7) is 0.103. The van der Waals surface area contributed by atoms with Crippen LogP contribution in [0.2, 0.25) is 0 Å². The second-order valence-corrected chi connectivity index (χ2v) is 5.64. The predicted octanol–water partition coefficient (Wildman–Crippen LogP) is 1.38. The number of fused-ring (bicyclic) bond motifs is 1. The Morgan fingerprint density at radius 2 is 2.18 bits per heavy atom. The number of nitrogens with zero attached hydrogens (tertiary/aromatic N) is 3. The van der Waals surface area contributed by atoms with Crippen molar-refractivity contribution in [2.45, 2.75) is 12.6 Å². The fourth-order valence-corrected chi connectivity index (χ4v) is 2.85. The van der Waals surface area contributed by atoms with Crippen molar-refractivity contribution in [1.29, 1.82) is 0 Å². The highest BCUT2D eigenvalue weighted by atomic mass is 32.1. The molecule has 0 saturated carbocycles. The molecule has 0 fully saturated rings. The van der Waals surface area contributed by atoms with Gasteiger partial charge in [-0.25, -0.2) is 14.8 Å². The second-order valence-electron chi connectivity index (χ2n) is 4.61. The molecule has 0 aliphatic carbocycles. The van der Waals surface area contributed by atoms with Gasteiger partial charge in [0, 0.05) is 12.4 Å². The van der Waals surface area contributed by atoms with Crippen LogP contribution in [0.1, 0.15) is 9.80 Å². The molecule has 22 heavy (non-hydrogen) atoms. The number of carbonyl (C=O) groups excluding carboxylic acids is 1. The largest absolute Gasteiger partial charge is 0.480 e. The number of hydrogen-bond donors (Lipinski definition) is 2. The summed E-state index contributed by atoms with van der Waals surface area (Å²) in [6, 6.07) is 6.32. The lowest BCUT2D eigenvalue weighted by atomic mass is 10.3. The number of carboxylic acids is 1. The standard InChI is InChI=1S/C14H12N4O3S/c19-12(13-17-9-3-1-2-4-11(9)22-13)16-10(14(20)21)7-18-6-5-15-8-18/h1-6,8,10H,7H2,(H,16,19)(H,20,21). The first kappa shape index (κ1) is 14.2. The summed E-state index contributed by atoms with van der Waals surface area (Å²) in [5.41, 5.74) is 0.721. The lowest BCUT2D eigenvalue weighted by Crippen LogP contribution is -2.43. The van der Waals surface area contributed by atoms with Crippen molar-refractivity contribution < 1.29 is 14.7 Å². The van der Waals surface area contributed by atoms with Crippen LogP contribution < -0.4 is 5.32 Å². The molecule has 1 unspecified atom stereocenters. The van der Waals surface area contributed by atoms with E-state index in [0.717, 1.165) is 10.2 Å². The number of aromatic nitrogens is 3. The number of carbonyl (C=O) groups is 2. The maximum absolute atomic E-state index is 12.2. The quantitative estimate of drug-likeness (QED) is 0.741. The number of aliphatic carboxylic acids is 1. The van der Waals surface area contributed by atoms with Crippen LogP contribution in [0.4, 0.5) is 0 Å². The van der Waals surface area contributed by atoms with Crippen LogP contribution in [-0.4, -0.2) is 37.6 Å². The summed E-state index contributed by atoms with van der Waals surface area (Å²) >= 11 is 1.23. The van der Waals surface area contributed by atoms with Gasteiger partial charge in [0.1, 0.15) is 6.04 Å². The molecule has 0 aliphatic rings. The van der Waals surface area contributed by atoms with Gasteiger partial charge in [-0.2, -0.15) is 0 Å². The molecule has 0 radical (unpaired) electrons. The summed E-state index contributed by atoms with van der Waals surface area (Å²) in [6.07, 6.45) is 4.69. The maximum atomic E-state index is 12.2. The first-order chi connectivity index (χ1) is 10.6. The molecule has 1 amide bonds. The monoisotopic (exact) mass is 316 g/mol. The number of imidazole rings is 1.